The molecule has 2 aromatic carbocycles. The van der Waals surface area contributed by atoms with Crippen LogP contribution in [0.25, 0.3) is 12.2 Å². The number of methoxy groups -OCH3 is 1. The number of aryl methyl sites for hydroxylation is 1. The highest BCUT2D eigenvalue weighted by Crippen LogP contribution is 2.32. The van der Waals surface area contributed by atoms with Crippen molar-refractivity contribution >= 4 is 34.7 Å². The lowest BCUT2D eigenvalue weighted by Crippen LogP contribution is -2.00. The summed E-state index contributed by atoms with van der Waals surface area (Å²) in [7, 11) is 1.68. The van der Waals surface area contributed by atoms with Gasteiger partial charge in [0, 0.05) is 6.08 Å². The second-order valence-corrected chi connectivity index (χ2v) is 7.03. The fourth-order valence-corrected chi connectivity index (χ4v) is 3.09. The highest BCUT2D eigenvalue weighted by Gasteiger charge is 2.11. The van der Waals surface area contributed by atoms with Crippen LogP contribution in [-0.4, -0.2) is 16.5 Å². The number of hydrogen-bond donors (Lipinski definition) is 0. The van der Waals surface area contributed by atoms with Gasteiger partial charge in [-0.1, -0.05) is 65.1 Å². The molecule has 3 rings (SSSR count). The molecule has 0 saturated carbocycles. The van der Waals surface area contributed by atoms with E-state index in [1.807, 2.05) is 54.6 Å². The van der Waals surface area contributed by atoms with E-state index in [0.29, 0.717) is 12.5 Å². The van der Waals surface area contributed by atoms with Gasteiger partial charge in [0.05, 0.1) is 7.11 Å². The van der Waals surface area contributed by atoms with Gasteiger partial charge < -0.3 is 13.9 Å². The molecule has 1 aromatic heterocycles. The summed E-state index contributed by atoms with van der Waals surface area (Å²) in [5, 5.41) is 0. The Hall–Kier alpha value is -2.28. The first-order chi connectivity index (χ1) is 13.3. The molecule has 0 aliphatic heterocycles. The summed E-state index contributed by atoms with van der Waals surface area (Å²) in [6.45, 7) is 0.328. The Morgan fingerprint density at radius 2 is 1.93 bits per heavy atom. The summed E-state index contributed by atoms with van der Waals surface area (Å²) in [5.41, 5.74) is 3.00. The van der Waals surface area contributed by atoms with Gasteiger partial charge in [-0.25, -0.2) is 4.98 Å². The Morgan fingerprint density at radius 1 is 1.07 bits per heavy atom. The molecule has 0 unspecified atom stereocenters. The third-order valence-electron chi connectivity index (χ3n) is 4.01. The molecule has 0 radical (unpaired) electrons. The van der Waals surface area contributed by atoms with Gasteiger partial charge in [-0.05, 0) is 40.5 Å². The highest BCUT2D eigenvalue weighted by atomic mass is 127. The number of benzene rings is 2. The van der Waals surface area contributed by atoms with E-state index >= 15 is 0 Å². The Bertz CT molecular complexity index is 874. The number of alkyl halides is 1. The number of halogens is 1. The van der Waals surface area contributed by atoms with Gasteiger partial charge in [-0.3, -0.25) is 0 Å². The summed E-state index contributed by atoms with van der Waals surface area (Å²) in [6, 6.07) is 16.0. The van der Waals surface area contributed by atoms with E-state index in [4.69, 9.17) is 13.9 Å². The van der Waals surface area contributed by atoms with Crippen molar-refractivity contribution in [2.75, 3.05) is 11.5 Å². The van der Waals surface area contributed by atoms with Crippen molar-refractivity contribution in [3.63, 3.8) is 0 Å². The summed E-state index contributed by atoms with van der Waals surface area (Å²) >= 11 is 2.39. The quantitative estimate of drug-likeness (QED) is 0.290. The van der Waals surface area contributed by atoms with Gasteiger partial charge in [0.1, 0.15) is 18.6 Å². The van der Waals surface area contributed by atoms with Crippen LogP contribution in [0.4, 0.5) is 0 Å². The summed E-state index contributed by atoms with van der Waals surface area (Å²) in [4.78, 5) is 4.45. The molecular formula is C22H22INO3. The first-order valence-corrected chi connectivity index (χ1v) is 10.3. The van der Waals surface area contributed by atoms with Crippen LogP contribution < -0.4 is 9.47 Å². The molecule has 140 valence electrons. The maximum absolute atomic E-state index is 5.94. The summed E-state index contributed by atoms with van der Waals surface area (Å²) in [5.74, 6) is 2.09. The molecule has 0 atom stereocenters. The number of para-hydroxylation sites is 1. The van der Waals surface area contributed by atoms with Crippen LogP contribution in [0.1, 0.15) is 29.1 Å². The minimum absolute atomic E-state index is 0.328. The number of oxazole rings is 1. The Balaban J connectivity index is 1.64. The van der Waals surface area contributed by atoms with Crippen molar-refractivity contribution in [1.29, 1.82) is 0 Å². The number of nitrogens with zero attached hydrogens (tertiary/aromatic N) is 1. The minimum Gasteiger partial charge on any atom is -0.493 e. The molecule has 3 aromatic rings. The molecule has 27 heavy (non-hydrogen) atoms. The number of ether oxygens (including phenoxy) is 2. The Morgan fingerprint density at radius 3 is 2.70 bits per heavy atom. The molecule has 0 bridgehead atoms. The van der Waals surface area contributed by atoms with Crippen molar-refractivity contribution in [1.82, 2.24) is 4.98 Å². The van der Waals surface area contributed by atoms with Crippen LogP contribution in [-0.2, 0) is 13.0 Å². The average Bonchev–Trinajstić information content (AvgIpc) is 3.17. The minimum atomic E-state index is 0.328. The lowest BCUT2D eigenvalue weighted by atomic mass is 10.1. The van der Waals surface area contributed by atoms with Crippen molar-refractivity contribution in [3.05, 3.63) is 77.5 Å². The van der Waals surface area contributed by atoms with Crippen LogP contribution in [0.2, 0.25) is 0 Å². The van der Waals surface area contributed by atoms with Crippen LogP contribution in [0.15, 0.2) is 59.2 Å². The van der Waals surface area contributed by atoms with Gasteiger partial charge in [0.2, 0.25) is 5.89 Å². The van der Waals surface area contributed by atoms with Crippen LogP contribution in [0, 0.1) is 0 Å². The van der Waals surface area contributed by atoms with Crippen molar-refractivity contribution in [2.45, 2.75) is 19.4 Å². The topological polar surface area (TPSA) is 44.5 Å². The van der Waals surface area contributed by atoms with Gasteiger partial charge in [0.15, 0.2) is 11.5 Å². The van der Waals surface area contributed by atoms with Crippen molar-refractivity contribution in [3.8, 4) is 11.5 Å². The third kappa shape index (κ3) is 5.60. The molecule has 0 N–H and O–H groups in total. The fraction of sp³-hybridized carbons (Fsp3) is 0.227. The first kappa shape index (κ1) is 19.5. The van der Waals surface area contributed by atoms with Gasteiger partial charge in [-0.2, -0.15) is 0 Å². The summed E-state index contributed by atoms with van der Waals surface area (Å²) < 4.78 is 18.1. The van der Waals surface area contributed by atoms with Gasteiger partial charge in [0.25, 0.3) is 0 Å². The van der Waals surface area contributed by atoms with Gasteiger partial charge in [-0.15, -0.1) is 0 Å². The van der Waals surface area contributed by atoms with E-state index < -0.39 is 0 Å². The number of aromatic nitrogens is 1. The fourth-order valence-electron chi connectivity index (χ4n) is 2.71. The first-order valence-electron chi connectivity index (χ1n) is 8.82. The zero-order valence-electron chi connectivity index (χ0n) is 15.2. The highest BCUT2D eigenvalue weighted by molar-refractivity contribution is 14.1. The van der Waals surface area contributed by atoms with E-state index in [9.17, 15) is 0 Å². The second kappa shape index (κ2) is 10.2. The molecule has 4 nitrogen and oxygen atoms in total. The zero-order chi connectivity index (χ0) is 18.9. The molecule has 0 saturated heterocycles. The average molecular weight is 475 g/mol. The van der Waals surface area contributed by atoms with E-state index in [-0.39, 0.29) is 0 Å². The van der Waals surface area contributed by atoms with Crippen molar-refractivity contribution < 1.29 is 13.9 Å². The molecule has 0 fully saturated rings. The molecule has 5 heteroatoms. The van der Waals surface area contributed by atoms with Crippen molar-refractivity contribution in [2.24, 2.45) is 0 Å². The molecular weight excluding hydrogens is 453 g/mol. The van der Waals surface area contributed by atoms with E-state index in [1.54, 1.807) is 13.4 Å². The van der Waals surface area contributed by atoms with E-state index in [1.165, 1.54) is 5.56 Å². The number of hydrogen-bond acceptors (Lipinski definition) is 4. The maximum atomic E-state index is 5.94. The Kier molecular flexibility index (Phi) is 7.33. The van der Waals surface area contributed by atoms with Gasteiger partial charge >= 0.3 is 0 Å². The SMILES string of the molecule is COc1c(CCCI)cccc1OCc1coc(C=Cc2ccccc2)n1. The third-order valence-corrected chi connectivity index (χ3v) is 4.77. The summed E-state index contributed by atoms with van der Waals surface area (Å²) in [6.07, 6.45) is 7.53. The Labute approximate surface area is 173 Å². The standard InChI is InChI=1S/C22H22INO3/c1-25-22-18(10-6-14-23)9-5-11-20(22)26-15-19-16-27-21(24-19)13-12-17-7-3-2-4-8-17/h2-5,7-9,11-13,16H,6,10,14-15H2,1H3. The van der Waals surface area contributed by atoms with E-state index in [2.05, 4.69) is 33.6 Å². The van der Waals surface area contributed by atoms with Crippen LogP contribution >= 0.6 is 22.6 Å². The number of rotatable bonds is 9. The maximum Gasteiger partial charge on any atom is 0.218 e. The van der Waals surface area contributed by atoms with Crippen LogP contribution in [0.3, 0.4) is 0 Å². The van der Waals surface area contributed by atoms with Crippen LogP contribution in [0.5, 0.6) is 11.5 Å². The normalized spacial score (nSPS) is 11.0. The lowest BCUT2D eigenvalue weighted by Gasteiger charge is -2.13. The molecule has 0 aliphatic rings. The zero-order valence-corrected chi connectivity index (χ0v) is 17.4. The second-order valence-electron chi connectivity index (χ2n) is 5.95. The molecule has 0 aliphatic carbocycles. The van der Waals surface area contributed by atoms with E-state index in [0.717, 1.165) is 40.0 Å². The predicted octanol–water partition coefficient (Wildman–Crippen LogP) is 5.80. The predicted molar refractivity (Wildman–Crippen MR) is 116 cm³/mol. The monoisotopic (exact) mass is 475 g/mol. The molecule has 1 heterocycles. The largest absolute Gasteiger partial charge is 0.493 e. The molecule has 0 amide bonds. The smallest absolute Gasteiger partial charge is 0.218 e. The molecule has 0 spiro atoms. The lowest BCUT2D eigenvalue weighted by molar-refractivity contribution is 0.279.